The van der Waals surface area contributed by atoms with Gasteiger partial charge in [0, 0.05) is 31.9 Å². The zero-order valence-corrected chi connectivity index (χ0v) is 12.8. The van der Waals surface area contributed by atoms with Crippen LogP contribution in [-0.2, 0) is 14.3 Å². The van der Waals surface area contributed by atoms with Crippen LogP contribution in [-0.4, -0.2) is 47.7 Å². The molecule has 0 saturated carbocycles. The molecule has 1 aliphatic heterocycles. The average Bonchev–Trinajstić information content (AvgIpc) is 2.55. The highest BCUT2D eigenvalue weighted by Crippen LogP contribution is 2.16. The number of ether oxygens (including phenoxy) is 1. The minimum absolute atomic E-state index is 0.00605. The van der Waals surface area contributed by atoms with Crippen molar-refractivity contribution in [2.45, 2.75) is 25.3 Å². The van der Waals surface area contributed by atoms with Gasteiger partial charge in [-0.25, -0.2) is 4.39 Å². The van der Waals surface area contributed by atoms with Crippen molar-refractivity contribution in [1.82, 2.24) is 4.90 Å². The van der Waals surface area contributed by atoms with Gasteiger partial charge in [-0.1, -0.05) is 12.1 Å². The van der Waals surface area contributed by atoms with E-state index in [1.807, 2.05) is 0 Å². The maximum Gasteiger partial charge on any atom is 0.305 e. The maximum absolute atomic E-state index is 12.9. The van der Waals surface area contributed by atoms with Crippen LogP contribution >= 0.6 is 0 Å². The fraction of sp³-hybridized carbons (Fsp3) is 0.412. The first-order chi connectivity index (χ1) is 11.1. The molecule has 0 aliphatic carbocycles. The van der Waals surface area contributed by atoms with Crippen LogP contribution in [0.15, 0.2) is 30.3 Å². The third-order valence-electron chi connectivity index (χ3n) is 3.77. The highest BCUT2D eigenvalue weighted by molar-refractivity contribution is 5.92. The van der Waals surface area contributed by atoms with Crippen molar-refractivity contribution in [3.63, 3.8) is 0 Å². The number of carbonyl (C=O) groups is 2. The molecule has 0 atom stereocenters. The lowest BCUT2D eigenvalue weighted by Crippen LogP contribution is -2.43. The first-order valence-electron chi connectivity index (χ1n) is 7.60. The van der Waals surface area contributed by atoms with Crippen LogP contribution in [0, 0.1) is 5.82 Å². The molecule has 0 radical (unpaired) electrons. The highest BCUT2D eigenvalue weighted by Gasteiger charge is 2.24. The summed E-state index contributed by atoms with van der Waals surface area (Å²) in [6, 6.07) is 5.80. The van der Waals surface area contributed by atoms with E-state index in [4.69, 9.17) is 9.84 Å². The summed E-state index contributed by atoms with van der Waals surface area (Å²) in [5.41, 5.74) is 0.713. The van der Waals surface area contributed by atoms with Crippen LogP contribution in [0.2, 0.25) is 0 Å². The van der Waals surface area contributed by atoms with Gasteiger partial charge in [-0.05, 0) is 36.6 Å². The summed E-state index contributed by atoms with van der Waals surface area (Å²) in [5, 5.41) is 8.86. The van der Waals surface area contributed by atoms with E-state index in [0.717, 1.165) is 0 Å². The van der Waals surface area contributed by atoms with E-state index in [0.29, 0.717) is 31.6 Å². The number of carboxylic acids is 1. The van der Waals surface area contributed by atoms with Gasteiger partial charge in [-0.2, -0.15) is 0 Å². The van der Waals surface area contributed by atoms with Crippen LogP contribution in [0.4, 0.5) is 4.39 Å². The fourth-order valence-corrected chi connectivity index (χ4v) is 2.52. The van der Waals surface area contributed by atoms with Gasteiger partial charge in [0.05, 0.1) is 6.42 Å². The summed E-state index contributed by atoms with van der Waals surface area (Å²) in [6.45, 7) is 1.32. The van der Waals surface area contributed by atoms with Gasteiger partial charge in [-0.3, -0.25) is 9.59 Å². The normalized spacial score (nSPS) is 15.7. The molecular weight excluding hydrogens is 301 g/mol. The standard InChI is InChI=1S/C17H20FNO4/c18-14-4-1-13(2-5-14)3-6-16(20)19(10-7-17(21)22)15-8-11-23-12-9-15/h1-6,15H,7-12H2,(H,21,22)/b6-3+. The van der Waals surface area contributed by atoms with Crippen LogP contribution < -0.4 is 0 Å². The SMILES string of the molecule is O=C(O)CCN(C(=O)/C=C/c1ccc(F)cc1)C1CCOCC1. The molecule has 1 heterocycles. The number of amides is 1. The third-order valence-corrected chi connectivity index (χ3v) is 3.77. The molecule has 0 spiro atoms. The molecule has 6 heteroatoms. The Morgan fingerprint density at radius 1 is 1.26 bits per heavy atom. The van der Waals surface area contributed by atoms with E-state index in [1.165, 1.54) is 18.2 Å². The predicted octanol–water partition coefficient (Wildman–Crippen LogP) is 2.32. The quantitative estimate of drug-likeness (QED) is 0.817. The van der Waals surface area contributed by atoms with Gasteiger partial charge in [-0.15, -0.1) is 0 Å². The fourth-order valence-electron chi connectivity index (χ4n) is 2.52. The van der Waals surface area contributed by atoms with Gasteiger partial charge < -0.3 is 14.7 Å². The van der Waals surface area contributed by atoms with Crippen LogP contribution in [0.25, 0.3) is 6.08 Å². The summed E-state index contributed by atoms with van der Waals surface area (Å²) in [7, 11) is 0. The van der Waals surface area contributed by atoms with Gasteiger partial charge in [0.25, 0.3) is 0 Å². The van der Waals surface area contributed by atoms with Crippen molar-refractivity contribution in [3.8, 4) is 0 Å². The largest absolute Gasteiger partial charge is 0.481 e. The molecule has 2 rings (SSSR count). The number of aliphatic carboxylic acids is 1. The van der Waals surface area contributed by atoms with Gasteiger partial charge >= 0.3 is 5.97 Å². The zero-order chi connectivity index (χ0) is 16.7. The Bertz CT molecular complexity index is 564. The Balaban J connectivity index is 2.04. The first-order valence-corrected chi connectivity index (χ1v) is 7.60. The summed E-state index contributed by atoms with van der Waals surface area (Å²) >= 11 is 0. The van der Waals surface area contributed by atoms with Crippen molar-refractivity contribution in [1.29, 1.82) is 0 Å². The summed E-state index contributed by atoms with van der Waals surface area (Å²) < 4.78 is 18.2. The zero-order valence-electron chi connectivity index (χ0n) is 12.8. The summed E-state index contributed by atoms with van der Waals surface area (Å²) in [6.07, 6.45) is 4.33. The Hall–Kier alpha value is -2.21. The van der Waals surface area contributed by atoms with Crippen molar-refractivity contribution >= 4 is 18.0 Å². The van der Waals surface area contributed by atoms with Crippen molar-refractivity contribution in [2.24, 2.45) is 0 Å². The molecule has 1 aromatic carbocycles. The number of carbonyl (C=O) groups excluding carboxylic acids is 1. The van der Waals surface area contributed by atoms with Crippen LogP contribution in [0.3, 0.4) is 0 Å². The molecule has 1 aromatic rings. The Morgan fingerprint density at radius 2 is 1.91 bits per heavy atom. The number of carboxylic acid groups (broad SMARTS) is 1. The molecule has 124 valence electrons. The number of benzene rings is 1. The first kappa shape index (κ1) is 17.1. The second kappa shape index (κ2) is 8.43. The topological polar surface area (TPSA) is 66.8 Å². The third kappa shape index (κ3) is 5.49. The lowest BCUT2D eigenvalue weighted by molar-refractivity contribution is -0.138. The van der Waals surface area contributed by atoms with E-state index in [9.17, 15) is 14.0 Å². The smallest absolute Gasteiger partial charge is 0.305 e. The molecule has 0 unspecified atom stereocenters. The van der Waals surface area contributed by atoms with E-state index in [2.05, 4.69) is 0 Å². The second-order valence-electron chi connectivity index (χ2n) is 5.40. The van der Waals surface area contributed by atoms with Crippen LogP contribution in [0.1, 0.15) is 24.8 Å². The molecule has 1 N–H and O–H groups in total. The Labute approximate surface area is 134 Å². The lowest BCUT2D eigenvalue weighted by atomic mass is 10.1. The lowest BCUT2D eigenvalue weighted by Gasteiger charge is -2.33. The number of hydrogen-bond donors (Lipinski definition) is 1. The average molecular weight is 321 g/mol. The number of rotatable bonds is 6. The molecule has 1 fully saturated rings. The van der Waals surface area contributed by atoms with Crippen molar-refractivity contribution in [3.05, 3.63) is 41.7 Å². The molecule has 23 heavy (non-hydrogen) atoms. The number of halogens is 1. The van der Waals surface area contributed by atoms with Gasteiger partial charge in [0.1, 0.15) is 5.82 Å². The molecule has 0 aromatic heterocycles. The monoisotopic (exact) mass is 321 g/mol. The Kier molecular flexibility index (Phi) is 6.29. The summed E-state index contributed by atoms with van der Waals surface area (Å²) in [5.74, 6) is -1.50. The summed E-state index contributed by atoms with van der Waals surface area (Å²) in [4.78, 5) is 24.8. The molecule has 1 saturated heterocycles. The molecule has 5 nitrogen and oxygen atoms in total. The molecule has 1 aliphatic rings. The minimum Gasteiger partial charge on any atom is -0.481 e. The Morgan fingerprint density at radius 3 is 2.52 bits per heavy atom. The van der Waals surface area contributed by atoms with Gasteiger partial charge in [0.2, 0.25) is 5.91 Å². The number of hydrogen-bond acceptors (Lipinski definition) is 3. The van der Waals surface area contributed by atoms with E-state index in [-0.39, 0.29) is 30.7 Å². The second-order valence-corrected chi connectivity index (χ2v) is 5.40. The van der Waals surface area contributed by atoms with E-state index in [1.54, 1.807) is 23.1 Å². The van der Waals surface area contributed by atoms with E-state index >= 15 is 0 Å². The molecular formula is C17H20FNO4. The number of nitrogens with zero attached hydrogens (tertiary/aromatic N) is 1. The van der Waals surface area contributed by atoms with Crippen molar-refractivity contribution < 1.29 is 23.8 Å². The van der Waals surface area contributed by atoms with Gasteiger partial charge in [0.15, 0.2) is 0 Å². The minimum atomic E-state index is -0.933. The van der Waals surface area contributed by atoms with Crippen molar-refractivity contribution in [2.75, 3.05) is 19.8 Å². The highest BCUT2D eigenvalue weighted by atomic mass is 19.1. The molecule has 1 amide bonds. The van der Waals surface area contributed by atoms with Crippen LogP contribution in [0.5, 0.6) is 0 Å². The predicted molar refractivity (Wildman–Crippen MR) is 83.2 cm³/mol. The maximum atomic E-state index is 12.9. The molecule has 0 bridgehead atoms. The van der Waals surface area contributed by atoms with E-state index < -0.39 is 5.97 Å².